The lowest BCUT2D eigenvalue weighted by Crippen LogP contribution is -2.21. The molecule has 27 heavy (non-hydrogen) atoms. The fourth-order valence-electron chi connectivity index (χ4n) is 1.86. The number of nitrogens with one attached hydrogen (secondary N) is 1. The summed E-state index contributed by atoms with van der Waals surface area (Å²) in [5, 5.41) is 1.72. The van der Waals surface area contributed by atoms with Gasteiger partial charge in [-0.25, -0.2) is 13.6 Å². The van der Waals surface area contributed by atoms with Crippen LogP contribution in [0.3, 0.4) is 0 Å². The second-order valence-corrected chi connectivity index (χ2v) is 5.71. The predicted octanol–water partition coefficient (Wildman–Crippen LogP) is 4.67. The maximum absolute atomic E-state index is 13.2. The highest BCUT2D eigenvalue weighted by atomic mass is 35.5. The molecule has 0 radical (unpaired) electrons. The highest BCUT2D eigenvalue weighted by molar-refractivity contribution is 6.33. The summed E-state index contributed by atoms with van der Waals surface area (Å²) in [5.41, 5.74) is -0.339. The molecule has 0 unspecified atom stereocenters. The number of ether oxygens (including phenoxy) is 2. The Morgan fingerprint density at radius 2 is 1.70 bits per heavy atom. The monoisotopic (exact) mass is 425 g/mol. The van der Waals surface area contributed by atoms with Crippen LogP contribution in [0.2, 0.25) is 10.0 Å². The van der Waals surface area contributed by atoms with Crippen molar-refractivity contribution in [1.82, 2.24) is 0 Å². The number of halogens is 6. The summed E-state index contributed by atoms with van der Waals surface area (Å²) in [6.07, 6.45) is 0. The van der Waals surface area contributed by atoms with Gasteiger partial charge in [-0.2, -0.15) is 8.78 Å². The average Bonchev–Trinajstić information content (AvgIpc) is 2.58. The van der Waals surface area contributed by atoms with Crippen molar-refractivity contribution < 1.29 is 36.6 Å². The molecular weight excluding hydrogens is 417 g/mol. The average molecular weight is 426 g/mol. The van der Waals surface area contributed by atoms with Gasteiger partial charge in [0.2, 0.25) is 0 Å². The quantitative estimate of drug-likeness (QED) is 0.415. The molecule has 11 heteroatoms. The van der Waals surface area contributed by atoms with E-state index >= 15 is 0 Å². The molecule has 0 aromatic heterocycles. The minimum Gasteiger partial charge on any atom is -0.452 e. The zero-order valence-corrected chi connectivity index (χ0v) is 14.6. The van der Waals surface area contributed by atoms with Gasteiger partial charge in [-0.15, -0.1) is 0 Å². The van der Waals surface area contributed by atoms with E-state index in [0.29, 0.717) is 12.1 Å². The van der Waals surface area contributed by atoms with E-state index in [1.807, 2.05) is 0 Å². The molecule has 2 aromatic carbocycles. The van der Waals surface area contributed by atoms with Crippen molar-refractivity contribution >= 4 is 40.8 Å². The van der Waals surface area contributed by atoms with Gasteiger partial charge in [-0.1, -0.05) is 23.2 Å². The second kappa shape index (κ2) is 8.92. The van der Waals surface area contributed by atoms with Crippen LogP contribution >= 0.6 is 23.2 Å². The Kier molecular flexibility index (Phi) is 6.86. The summed E-state index contributed by atoms with van der Waals surface area (Å²) in [6, 6.07) is 4.62. The third-order valence-corrected chi connectivity index (χ3v) is 3.60. The minimum absolute atomic E-state index is 0.119. The SMILES string of the molecule is O=C(COC(=O)c1cc(F)c(F)cc1Cl)Nc1ccc(OC(F)F)c(Cl)c1. The minimum atomic E-state index is -3.06. The number of rotatable bonds is 6. The Morgan fingerprint density at radius 1 is 1.04 bits per heavy atom. The first-order chi connectivity index (χ1) is 12.7. The maximum atomic E-state index is 13.2. The third-order valence-electron chi connectivity index (χ3n) is 3.00. The Hall–Kier alpha value is -2.52. The molecule has 0 saturated heterocycles. The largest absolute Gasteiger partial charge is 0.452 e. The van der Waals surface area contributed by atoms with Gasteiger partial charge in [0.05, 0.1) is 15.6 Å². The predicted molar refractivity (Wildman–Crippen MR) is 88.4 cm³/mol. The van der Waals surface area contributed by atoms with E-state index < -0.39 is 42.3 Å². The van der Waals surface area contributed by atoms with Crippen molar-refractivity contribution in [2.75, 3.05) is 11.9 Å². The van der Waals surface area contributed by atoms with Crippen molar-refractivity contribution in [3.63, 3.8) is 0 Å². The zero-order valence-electron chi connectivity index (χ0n) is 13.1. The normalized spacial score (nSPS) is 10.6. The molecular formula is C16H9Cl2F4NO4. The van der Waals surface area contributed by atoms with Gasteiger partial charge in [-0.3, -0.25) is 4.79 Å². The van der Waals surface area contributed by atoms with Crippen molar-refractivity contribution in [3.8, 4) is 5.75 Å². The molecule has 0 fully saturated rings. The molecule has 0 atom stereocenters. The lowest BCUT2D eigenvalue weighted by molar-refractivity contribution is -0.119. The first-order valence-electron chi connectivity index (χ1n) is 7.03. The van der Waals surface area contributed by atoms with Crippen LogP contribution in [0.15, 0.2) is 30.3 Å². The van der Waals surface area contributed by atoms with E-state index in [1.165, 1.54) is 6.07 Å². The molecule has 0 saturated carbocycles. The van der Waals surface area contributed by atoms with Crippen LogP contribution in [0.4, 0.5) is 23.2 Å². The molecule has 2 aromatic rings. The van der Waals surface area contributed by atoms with Gasteiger partial charge in [0.1, 0.15) is 5.75 Å². The number of carbonyl (C=O) groups excluding carboxylic acids is 2. The molecule has 144 valence electrons. The number of esters is 1. The van der Waals surface area contributed by atoms with E-state index in [-0.39, 0.29) is 21.5 Å². The number of anilines is 1. The highest BCUT2D eigenvalue weighted by Crippen LogP contribution is 2.29. The van der Waals surface area contributed by atoms with Crippen LogP contribution in [-0.2, 0) is 9.53 Å². The molecule has 1 N–H and O–H groups in total. The van der Waals surface area contributed by atoms with Crippen molar-refractivity contribution in [2.24, 2.45) is 0 Å². The van der Waals surface area contributed by atoms with Gasteiger partial charge in [-0.05, 0) is 30.3 Å². The summed E-state index contributed by atoms with van der Waals surface area (Å²) in [4.78, 5) is 23.6. The molecule has 0 aliphatic carbocycles. The van der Waals surface area contributed by atoms with E-state index in [4.69, 9.17) is 23.2 Å². The molecule has 0 spiro atoms. The summed E-state index contributed by atoms with van der Waals surface area (Å²) in [5.74, 6) is -4.79. The number of alkyl halides is 2. The van der Waals surface area contributed by atoms with Crippen molar-refractivity contribution in [3.05, 3.63) is 57.6 Å². The van der Waals surface area contributed by atoms with Crippen LogP contribution in [0.1, 0.15) is 10.4 Å². The van der Waals surface area contributed by atoms with E-state index in [1.54, 1.807) is 0 Å². The first kappa shape index (κ1) is 20.8. The highest BCUT2D eigenvalue weighted by Gasteiger charge is 2.18. The molecule has 0 heterocycles. The van der Waals surface area contributed by atoms with Crippen molar-refractivity contribution in [1.29, 1.82) is 0 Å². The van der Waals surface area contributed by atoms with Gasteiger partial charge in [0.25, 0.3) is 5.91 Å². The van der Waals surface area contributed by atoms with Crippen LogP contribution in [0, 0.1) is 11.6 Å². The lowest BCUT2D eigenvalue weighted by Gasteiger charge is -2.10. The standard InChI is InChI=1S/C16H9Cl2F4NO4/c17-9-5-12(20)11(19)4-8(9)15(25)26-6-14(24)23-7-1-2-13(10(18)3-7)27-16(21)22/h1-5,16H,6H2,(H,23,24). The number of benzene rings is 2. The lowest BCUT2D eigenvalue weighted by atomic mass is 10.2. The Bertz CT molecular complexity index is 880. The Morgan fingerprint density at radius 3 is 2.33 bits per heavy atom. The topological polar surface area (TPSA) is 64.6 Å². The summed E-state index contributed by atoms with van der Waals surface area (Å²) in [6.45, 7) is -3.84. The van der Waals surface area contributed by atoms with Crippen LogP contribution in [0.25, 0.3) is 0 Å². The zero-order chi connectivity index (χ0) is 20.1. The van der Waals surface area contributed by atoms with Gasteiger partial charge < -0.3 is 14.8 Å². The van der Waals surface area contributed by atoms with Crippen LogP contribution in [0.5, 0.6) is 5.75 Å². The Labute approximate surface area is 159 Å². The summed E-state index contributed by atoms with van der Waals surface area (Å²) >= 11 is 11.4. The molecule has 1 amide bonds. The van der Waals surface area contributed by atoms with Gasteiger partial charge >= 0.3 is 12.6 Å². The third kappa shape index (κ3) is 5.73. The maximum Gasteiger partial charge on any atom is 0.387 e. The molecule has 0 aliphatic heterocycles. The number of hydrogen-bond acceptors (Lipinski definition) is 4. The van der Waals surface area contributed by atoms with E-state index in [9.17, 15) is 27.2 Å². The first-order valence-corrected chi connectivity index (χ1v) is 7.79. The molecule has 0 bridgehead atoms. The van der Waals surface area contributed by atoms with Crippen molar-refractivity contribution in [2.45, 2.75) is 6.61 Å². The Balaban J connectivity index is 1.95. The number of hydrogen-bond donors (Lipinski definition) is 1. The molecule has 2 rings (SSSR count). The summed E-state index contributed by atoms with van der Waals surface area (Å²) in [7, 11) is 0. The van der Waals surface area contributed by atoms with E-state index in [0.717, 1.165) is 12.1 Å². The van der Waals surface area contributed by atoms with E-state index in [2.05, 4.69) is 14.8 Å². The molecule has 5 nitrogen and oxygen atoms in total. The molecule has 0 aliphatic rings. The number of amides is 1. The second-order valence-electron chi connectivity index (χ2n) is 4.89. The van der Waals surface area contributed by atoms with Gasteiger partial charge in [0.15, 0.2) is 18.2 Å². The van der Waals surface area contributed by atoms with Crippen LogP contribution in [-0.4, -0.2) is 25.1 Å². The number of carbonyl (C=O) groups is 2. The smallest absolute Gasteiger partial charge is 0.387 e. The fourth-order valence-corrected chi connectivity index (χ4v) is 2.31. The fraction of sp³-hybridized carbons (Fsp3) is 0.125. The summed E-state index contributed by atoms with van der Waals surface area (Å²) < 4.78 is 59.2. The van der Waals surface area contributed by atoms with Crippen LogP contribution < -0.4 is 10.1 Å². The van der Waals surface area contributed by atoms with Gasteiger partial charge in [0, 0.05) is 5.69 Å².